The summed E-state index contributed by atoms with van der Waals surface area (Å²) in [4.78, 5) is 11.6. The lowest BCUT2D eigenvalue weighted by atomic mass is 9.57. The molecule has 0 aromatic heterocycles. The molecule has 0 bridgehead atoms. The van der Waals surface area contributed by atoms with Crippen molar-refractivity contribution in [2.75, 3.05) is 0 Å². The Morgan fingerprint density at radius 2 is 2.33 bits per heavy atom. The Morgan fingerprint density at radius 3 is 3.00 bits per heavy atom. The fourth-order valence-electron chi connectivity index (χ4n) is 3.12. The Kier molecular flexibility index (Phi) is 2.46. The summed E-state index contributed by atoms with van der Waals surface area (Å²) in [7, 11) is 0. The average molecular weight is 202 g/mol. The Bertz CT molecular complexity index is 347. The van der Waals surface area contributed by atoms with Gasteiger partial charge in [-0.1, -0.05) is 19.9 Å². The Morgan fingerprint density at radius 1 is 1.60 bits per heavy atom. The van der Waals surface area contributed by atoms with E-state index >= 15 is 0 Å². The van der Waals surface area contributed by atoms with Crippen molar-refractivity contribution >= 4 is 5.78 Å². The number of carbonyl (C=O) groups excluding carboxylic acids is 1. The Labute approximate surface area is 91.9 Å². The Hall–Kier alpha value is -1.03. The lowest BCUT2D eigenvalue weighted by molar-refractivity contribution is -0.122. The molecule has 0 aromatic rings. The summed E-state index contributed by atoms with van der Waals surface area (Å²) < 4.78 is 0. The first-order valence-electron chi connectivity index (χ1n) is 5.76. The standard InChI is InChI=1S/C14H18O/c1-4-11-5-7-14(3)8-6-13(15)10(2)12(14)9-11/h1,6,8,10-12H,5,7,9H2,2-3H3/t10-,11-,12+,14-/m1/s1. The normalized spacial score (nSPS) is 44.6. The number of ketones is 1. The van der Waals surface area contributed by atoms with E-state index in [1.165, 1.54) is 0 Å². The molecule has 0 aromatic carbocycles. The van der Waals surface area contributed by atoms with Crippen molar-refractivity contribution in [3.8, 4) is 12.3 Å². The van der Waals surface area contributed by atoms with E-state index in [0.717, 1.165) is 19.3 Å². The molecule has 1 nitrogen and oxygen atoms in total. The van der Waals surface area contributed by atoms with Crippen molar-refractivity contribution < 1.29 is 4.79 Å². The molecule has 1 saturated carbocycles. The van der Waals surface area contributed by atoms with Crippen LogP contribution in [0.25, 0.3) is 0 Å². The van der Waals surface area contributed by atoms with Gasteiger partial charge in [0.25, 0.3) is 0 Å². The zero-order chi connectivity index (χ0) is 11.1. The second-order valence-corrected chi connectivity index (χ2v) is 5.27. The highest BCUT2D eigenvalue weighted by Gasteiger charge is 2.44. The molecule has 0 saturated heterocycles. The van der Waals surface area contributed by atoms with E-state index in [2.05, 4.69) is 18.9 Å². The zero-order valence-electron chi connectivity index (χ0n) is 9.49. The molecule has 80 valence electrons. The largest absolute Gasteiger partial charge is 0.295 e. The van der Waals surface area contributed by atoms with Crippen LogP contribution in [-0.4, -0.2) is 5.78 Å². The second kappa shape index (κ2) is 3.52. The molecule has 0 radical (unpaired) electrons. The number of terminal acetylenes is 1. The van der Waals surface area contributed by atoms with Gasteiger partial charge in [0.05, 0.1) is 0 Å². The molecule has 1 fully saturated rings. The summed E-state index contributed by atoms with van der Waals surface area (Å²) in [6, 6.07) is 0. The molecule has 2 rings (SSSR count). The summed E-state index contributed by atoms with van der Waals surface area (Å²) in [6.07, 6.45) is 12.6. The maximum atomic E-state index is 11.6. The highest BCUT2D eigenvalue weighted by Crippen LogP contribution is 2.49. The molecule has 0 N–H and O–H groups in total. The highest BCUT2D eigenvalue weighted by atomic mass is 16.1. The van der Waals surface area contributed by atoms with Crippen LogP contribution in [0.15, 0.2) is 12.2 Å². The number of allylic oxidation sites excluding steroid dienone is 2. The molecule has 0 heterocycles. The lowest BCUT2D eigenvalue weighted by Crippen LogP contribution is -2.41. The topological polar surface area (TPSA) is 17.1 Å². The summed E-state index contributed by atoms with van der Waals surface area (Å²) in [5.41, 5.74) is 0.209. The third-order valence-corrected chi connectivity index (χ3v) is 4.33. The van der Waals surface area contributed by atoms with Gasteiger partial charge in [-0.05, 0) is 36.7 Å². The van der Waals surface area contributed by atoms with E-state index in [9.17, 15) is 4.79 Å². The van der Waals surface area contributed by atoms with Crippen molar-refractivity contribution in [2.24, 2.45) is 23.2 Å². The first kappa shape index (κ1) is 10.5. The zero-order valence-corrected chi connectivity index (χ0v) is 9.49. The van der Waals surface area contributed by atoms with Crippen LogP contribution in [0.1, 0.15) is 33.1 Å². The first-order chi connectivity index (χ1) is 7.07. The molecule has 2 aliphatic carbocycles. The van der Waals surface area contributed by atoms with Gasteiger partial charge in [0.1, 0.15) is 0 Å². The fraction of sp³-hybridized carbons (Fsp3) is 0.643. The van der Waals surface area contributed by atoms with Gasteiger partial charge in [-0.2, -0.15) is 0 Å². The molecular weight excluding hydrogens is 184 g/mol. The van der Waals surface area contributed by atoms with Gasteiger partial charge in [-0.3, -0.25) is 4.79 Å². The van der Waals surface area contributed by atoms with Crippen LogP contribution in [-0.2, 0) is 4.79 Å². The van der Waals surface area contributed by atoms with Crippen LogP contribution in [0.5, 0.6) is 0 Å². The number of rotatable bonds is 0. The number of carbonyl (C=O) groups is 1. The summed E-state index contributed by atoms with van der Waals surface area (Å²) in [5.74, 6) is 4.11. The van der Waals surface area contributed by atoms with E-state index in [1.54, 1.807) is 6.08 Å². The van der Waals surface area contributed by atoms with Crippen molar-refractivity contribution in [3.05, 3.63) is 12.2 Å². The van der Waals surface area contributed by atoms with E-state index < -0.39 is 0 Å². The van der Waals surface area contributed by atoms with Crippen LogP contribution >= 0.6 is 0 Å². The molecular formula is C14H18O. The van der Waals surface area contributed by atoms with Gasteiger partial charge in [0.2, 0.25) is 0 Å². The minimum Gasteiger partial charge on any atom is -0.295 e. The molecule has 15 heavy (non-hydrogen) atoms. The van der Waals surface area contributed by atoms with E-state index in [-0.39, 0.29) is 17.1 Å². The van der Waals surface area contributed by atoms with Crippen molar-refractivity contribution in [2.45, 2.75) is 33.1 Å². The number of hydrogen-bond acceptors (Lipinski definition) is 1. The van der Waals surface area contributed by atoms with Crippen LogP contribution < -0.4 is 0 Å². The number of fused-ring (bicyclic) bond motifs is 1. The van der Waals surface area contributed by atoms with Crippen molar-refractivity contribution in [1.82, 2.24) is 0 Å². The number of hydrogen-bond donors (Lipinski definition) is 0. The summed E-state index contributed by atoms with van der Waals surface area (Å²) >= 11 is 0. The van der Waals surface area contributed by atoms with Crippen LogP contribution in [0.4, 0.5) is 0 Å². The van der Waals surface area contributed by atoms with Crippen LogP contribution in [0, 0.1) is 35.5 Å². The predicted molar refractivity (Wildman–Crippen MR) is 61.1 cm³/mol. The summed E-state index contributed by atoms with van der Waals surface area (Å²) in [5, 5.41) is 0. The van der Waals surface area contributed by atoms with E-state index in [4.69, 9.17) is 6.42 Å². The average Bonchev–Trinajstić information content (AvgIpc) is 2.24. The lowest BCUT2D eigenvalue weighted by Gasteiger charge is -2.46. The highest BCUT2D eigenvalue weighted by molar-refractivity contribution is 5.92. The third-order valence-electron chi connectivity index (χ3n) is 4.33. The predicted octanol–water partition coefficient (Wildman–Crippen LogP) is 2.82. The van der Waals surface area contributed by atoms with Crippen molar-refractivity contribution in [3.63, 3.8) is 0 Å². The van der Waals surface area contributed by atoms with Gasteiger partial charge in [0, 0.05) is 11.8 Å². The van der Waals surface area contributed by atoms with Crippen LogP contribution in [0.3, 0.4) is 0 Å². The monoisotopic (exact) mass is 202 g/mol. The summed E-state index contributed by atoms with van der Waals surface area (Å²) in [6.45, 7) is 4.32. The van der Waals surface area contributed by atoms with Crippen molar-refractivity contribution in [1.29, 1.82) is 0 Å². The quantitative estimate of drug-likeness (QED) is 0.552. The molecule has 4 atom stereocenters. The smallest absolute Gasteiger partial charge is 0.158 e. The molecule has 0 spiro atoms. The third kappa shape index (κ3) is 1.63. The molecule has 0 unspecified atom stereocenters. The fourth-order valence-corrected chi connectivity index (χ4v) is 3.12. The Balaban J connectivity index is 2.28. The minimum atomic E-state index is 0.149. The maximum Gasteiger partial charge on any atom is 0.158 e. The van der Waals surface area contributed by atoms with Gasteiger partial charge < -0.3 is 0 Å². The molecule has 0 amide bonds. The van der Waals surface area contributed by atoms with Crippen LogP contribution in [0.2, 0.25) is 0 Å². The van der Waals surface area contributed by atoms with Gasteiger partial charge >= 0.3 is 0 Å². The maximum absolute atomic E-state index is 11.6. The van der Waals surface area contributed by atoms with Gasteiger partial charge in [0.15, 0.2) is 5.78 Å². The second-order valence-electron chi connectivity index (χ2n) is 5.27. The SMILES string of the molecule is C#C[C@@H]1CC[C@]2(C)C=CC(=O)[C@H](C)[C@@H]2C1. The molecule has 1 heteroatoms. The van der Waals surface area contributed by atoms with E-state index in [1.807, 2.05) is 6.92 Å². The minimum absolute atomic E-state index is 0.149. The molecule has 0 aliphatic heterocycles. The van der Waals surface area contributed by atoms with E-state index in [0.29, 0.717) is 11.8 Å². The van der Waals surface area contributed by atoms with Gasteiger partial charge in [-0.25, -0.2) is 0 Å². The van der Waals surface area contributed by atoms with Gasteiger partial charge in [-0.15, -0.1) is 12.3 Å². The molecule has 2 aliphatic rings. The first-order valence-corrected chi connectivity index (χ1v) is 5.76.